The summed E-state index contributed by atoms with van der Waals surface area (Å²) < 4.78 is 0. The second kappa shape index (κ2) is 4.18. The highest BCUT2D eigenvalue weighted by Crippen LogP contribution is 2.57. The molecule has 3 atom stereocenters. The SMILES string of the molecule is CCCCC=C1C2CCC1C(Cl)(C#N)C2. The van der Waals surface area contributed by atoms with E-state index in [1.807, 2.05) is 0 Å². The lowest BCUT2D eigenvalue weighted by atomic mass is 9.89. The van der Waals surface area contributed by atoms with E-state index in [1.165, 1.54) is 24.8 Å². The minimum absolute atomic E-state index is 0.353. The second-order valence-electron chi connectivity index (χ2n) is 4.85. The maximum atomic E-state index is 9.13. The molecule has 0 saturated heterocycles. The molecule has 0 N–H and O–H groups in total. The van der Waals surface area contributed by atoms with Gasteiger partial charge >= 0.3 is 0 Å². The van der Waals surface area contributed by atoms with Crippen LogP contribution in [0.25, 0.3) is 0 Å². The number of nitrogens with zero attached hydrogens (tertiary/aromatic N) is 1. The molecule has 2 heteroatoms. The summed E-state index contributed by atoms with van der Waals surface area (Å²) in [5.74, 6) is 0.968. The minimum Gasteiger partial charge on any atom is -0.196 e. The number of alkyl halides is 1. The molecule has 0 aromatic heterocycles. The van der Waals surface area contributed by atoms with Crippen molar-refractivity contribution in [2.75, 3.05) is 0 Å². The molecule has 0 amide bonds. The van der Waals surface area contributed by atoms with E-state index in [1.54, 1.807) is 0 Å². The first-order chi connectivity index (χ1) is 7.21. The number of rotatable bonds is 3. The first-order valence-corrected chi connectivity index (χ1v) is 6.39. The Balaban J connectivity index is 2.10. The molecule has 0 heterocycles. The largest absolute Gasteiger partial charge is 0.196 e. The lowest BCUT2D eigenvalue weighted by Gasteiger charge is -2.22. The van der Waals surface area contributed by atoms with E-state index in [4.69, 9.17) is 16.9 Å². The van der Waals surface area contributed by atoms with Crippen molar-refractivity contribution in [3.05, 3.63) is 11.6 Å². The topological polar surface area (TPSA) is 23.8 Å². The molecule has 0 aliphatic heterocycles. The Kier molecular flexibility index (Phi) is 3.07. The molecule has 2 bridgehead atoms. The van der Waals surface area contributed by atoms with Gasteiger partial charge < -0.3 is 0 Å². The molecule has 82 valence electrons. The summed E-state index contributed by atoms with van der Waals surface area (Å²) in [7, 11) is 0. The van der Waals surface area contributed by atoms with E-state index in [0.717, 1.165) is 19.3 Å². The van der Waals surface area contributed by atoms with Crippen molar-refractivity contribution >= 4 is 11.6 Å². The first-order valence-electron chi connectivity index (χ1n) is 6.01. The van der Waals surface area contributed by atoms with Crippen LogP contribution >= 0.6 is 11.6 Å². The molecule has 2 aliphatic rings. The average molecular weight is 224 g/mol. The molecule has 15 heavy (non-hydrogen) atoms. The van der Waals surface area contributed by atoms with Gasteiger partial charge in [-0.05, 0) is 31.6 Å². The third-order valence-corrected chi connectivity index (χ3v) is 4.40. The lowest BCUT2D eigenvalue weighted by Crippen LogP contribution is -2.26. The Morgan fingerprint density at radius 3 is 3.00 bits per heavy atom. The number of halogens is 1. The quantitative estimate of drug-likeness (QED) is 0.403. The van der Waals surface area contributed by atoms with Crippen LogP contribution in [-0.4, -0.2) is 4.87 Å². The number of hydrogen-bond acceptors (Lipinski definition) is 1. The molecule has 0 aromatic rings. The van der Waals surface area contributed by atoms with Crippen LogP contribution in [0.4, 0.5) is 0 Å². The van der Waals surface area contributed by atoms with Crippen LogP contribution < -0.4 is 0 Å². The third kappa shape index (κ3) is 1.81. The van der Waals surface area contributed by atoms with E-state index < -0.39 is 4.87 Å². The van der Waals surface area contributed by atoms with Crippen molar-refractivity contribution in [2.24, 2.45) is 11.8 Å². The van der Waals surface area contributed by atoms with Crippen molar-refractivity contribution in [3.63, 3.8) is 0 Å². The zero-order chi connectivity index (χ0) is 10.9. The molecule has 2 saturated carbocycles. The van der Waals surface area contributed by atoms with E-state index in [2.05, 4.69) is 19.1 Å². The predicted molar refractivity (Wildman–Crippen MR) is 62.6 cm³/mol. The Morgan fingerprint density at radius 2 is 2.40 bits per heavy atom. The van der Waals surface area contributed by atoms with E-state index in [9.17, 15) is 0 Å². The van der Waals surface area contributed by atoms with Crippen LogP contribution in [0.1, 0.15) is 45.4 Å². The smallest absolute Gasteiger partial charge is 0.138 e. The normalized spacial score (nSPS) is 41.0. The molecular weight excluding hydrogens is 206 g/mol. The van der Waals surface area contributed by atoms with Crippen molar-refractivity contribution in [1.29, 1.82) is 5.26 Å². The van der Waals surface area contributed by atoms with Crippen molar-refractivity contribution in [1.82, 2.24) is 0 Å². The van der Waals surface area contributed by atoms with Gasteiger partial charge in [-0.1, -0.05) is 31.4 Å². The summed E-state index contributed by atoms with van der Waals surface area (Å²) in [6, 6.07) is 2.32. The van der Waals surface area contributed by atoms with Crippen LogP contribution in [0, 0.1) is 23.2 Å². The molecule has 1 nitrogen and oxygen atoms in total. The van der Waals surface area contributed by atoms with Crippen LogP contribution in [-0.2, 0) is 0 Å². The summed E-state index contributed by atoms with van der Waals surface area (Å²) in [4.78, 5) is -0.568. The Hall–Kier alpha value is -0.480. The summed E-state index contributed by atoms with van der Waals surface area (Å²) in [5, 5.41) is 9.13. The van der Waals surface area contributed by atoms with Crippen LogP contribution in [0.2, 0.25) is 0 Å². The van der Waals surface area contributed by atoms with Crippen molar-refractivity contribution in [3.8, 4) is 6.07 Å². The number of hydrogen-bond donors (Lipinski definition) is 0. The number of fused-ring (bicyclic) bond motifs is 2. The molecular formula is C13H18ClN. The second-order valence-corrected chi connectivity index (χ2v) is 5.53. The lowest BCUT2D eigenvalue weighted by molar-refractivity contribution is 0.430. The number of allylic oxidation sites excluding steroid dienone is 2. The first kappa shape index (κ1) is 11.0. The average Bonchev–Trinajstić information content (AvgIpc) is 2.74. The zero-order valence-electron chi connectivity index (χ0n) is 9.30. The standard InChI is InChI=1S/C13H18ClN/c1-2-3-4-5-11-10-6-7-12(11)13(14,8-10)9-15/h5,10,12H,2-4,6-8H2,1H3. The Labute approximate surface area is 97.1 Å². The number of unbranched alkanes of at least 4 members (excludes halogenated alkanes) is 2. The van der Waals surface area contributed by atoms with Gasteiger partial charge in [0.05, 0.1) is 6.07 Å². The van der Waals surface area contributed by atoms with Crippen molar-refractivity contribution < 1.29 is 0 Å². The van der Waals surface area contributed by atoms with Crippen LogP contribution in [0.5, 0.6) is 0 Å². The highest BCUT2D eigenvalue weighted by Gasteiger charge is 2.53. The summed E-state index contributed by atoms with van der Waals surface area (Å²) in [5.41, 5.74) is 1.50. The monoisotopic (exact) mass is 223 g/mol. The highest BCUT2D eigenvalue weighted by molar-refractivity contribution is 6.26. The van der Waals surface area contributed by atoms with Crippen LogP contribution in [0.15, 0.2) is 11.6 Å². The van der Waals surface area contributed by atoms with Gasteiger partial charge in [0.1, 0.15) is 4.87 Å². The van der Waals surface area contributed by atoms with Gasteiger partial charge in [-0.2, -0.15) is 5.26 Å². The van der Waals surface area contributed by atoms with Gasteiger partial charge in [-0.15, -0.1) is 11.6 Å². The highest BCUT2D eigenvalue weighted by atomic mass is 35.5. The fourth-order valence-electron chi connectivity index (χ4n) is 3.10. The Bertz CT molecular complexity index is 315. The molecule has 0 aromatic carbocycles. The molecule has 0 spiro atoms. The molecule has 3 unspecified atom stereocenters. The maximum absolute atomic E-state index is 9.13. The summed E-state index contributed by atoms with van der Waals surface area (Å²) in [6.45, 7) is 2.21. The van der Waals surface area contributed by atoms with Crippen molar-refractivity contribution in [2.45, 2.75) is 50.3 Å². The predicted octanol–water partition coefficient (Wildman–Crippen LogP) is 4.03. The molecule has 2 rings (SSSR count). The van der Waals surface area contributed by atoms with E-state index >= 15 is 0 Å². The van der Waals surface area contributed by atoms with Gasteiger partial charge in [-0.3, -0.25) is 0 Å². The molecule has 2 aliphatic carbocycles. The van der Waals surface area contributed by atoms with Gasteiger partial charge in [-0.25, -0.2) is 0 Å². The van der Waals surface area contributed by atoms with Gasteiger partial charge in [0.15, 0.2) is 0 Å². The number of nitriles is 1. The van der Waals surface area contributed by atoms with Gasteiger partial charge in [0, 0.05) is 5.92 Å². The molecule has 2 fully saturated rings. The minimum atomic E-state index is -0.568. The van der Waals surface area contributed by atoms with E-state index in [-0.39, 0.29) is 0 Å². The zero-order valence-corrected chi connectivity index (χ0v) is 10.1. The van der Waals surface area contributed by atoms with E-state index in [0.29, 0.717) is 11.8 Å². The fraction of sp³-hybridized carbons (Fsp3) is 0.769. The third-order valence-electron chi connectivity index (χ3n) is 3.90. The van der Waals surface area contributed by atoms with Gasteiger partial charge in [0.2, 0.25) is 0 Å². The molecule has 0 radical (unpaired) electrons. The fourth-order valence-corrected chi connectivity index (χ4v) is 3.53. The summed E-state index contributed by atoms with van der Waals surface area (Å²) >= 11 is 6.36. The Morgan fingerprint density at radius 1 is 1.60 bits per heavy atom. The summed E-state index contributed by atoms with van der Waals surface area (Å²) in [6.07, 6.45) is 9.28. The van der Waals surface area contributed by atoms with Crippen LogP contribution in [0.3, 0.4) is 0 Å². The maximum Gasteiger partial charge on any atom is 0.138 e. The van der Waals surface area contributed by atoms with Gasteiger partial charge in [0.25, 0.3) is 0 Å².